The van der Waals surface area contributed by atoms with E-state index in [1.807, 2.05) is 32.9 Å². The van der Waals surface area contributed by atoms with E-state index in [9.17, 15) is 19.2 Å². The van der Waals surface area contributed by atoms with E-state index in [4.69, 9.17) is 0 Å². The summed E-state index contributed by atoms with van der Waals surface area (Å²) >= 11 is 0. The first-order valence-electron chi connectivity index (χ1n) is 9.85. The average Bonchev–Trinajstić information content (AvgIpc) is 2.75. The minimum atomic E-state index is -0.741. The Labute approximate surface area is 181 Å². The molecule has 0 saturated carbocycles. The Hall–Kier alpha value is -3.68. The Balaban J connectivity index is 2.02. The van der Waals surface area contributed by atoms with Crippen LogP contribution >= 0.6 is 0 Å². The van der Waals surface area contributed by atoms with Crippen molar-refractivity contribution in [1.82, 2.24) is 10.6 Å². The monoisotopic (exact) mass is 425 g/mol. The van der Waals surface area contributed by atoms with Gasteiger partial charge in [-0.15, -0.1) is 0 Å². The molecule has 8 nitrogen and oxygen atoms in total. The van der Waals surface area contributed by atoms with Crippen LogP contribution in [0.4, 0.5) is 5.69 Å². The van der Waals surface area contributed by atoms with Gasteiger partial charge in [-0.1, -0.05) is 32.0 Å². The number of esters is 1. The SMILES string of the molecule is COC(=O)CNC(=O)c1ccc(NC(=O)C(NC(=O)c2ccccc2C)C(C)C)cc1. The van der Waals surface area contributed by atoms with Gasteiger partial charge in [0, 0.05) is 16.8 Å². The van der Waals surface area contributed by atoms with Crippen LogP contribution in [0.25, 0.3) is 0 Å². The van der Waals surface area contributed by atoms with E-state index in [1.54, 1.807) is 24.3 Å². The normalized spacial score (nSPS) is 11.4. The predicted molar refractivity (Wildman–Crippen MR) is 117 cm³/mol. The molecule has 3 amide bonds. The number of hydrogen-bond acceptors (Lipinski definition) is 5. The molecule has 31 heavy (non-hydrogen) atoms. The van der Waals surface area contributed by atoms with Crippen LogP contribution in [0, 0.1) is 12.8 Å². The van der Waals surface area contributed by atoms with Crippen molar-refractivity contribution in [3.05, 3.63) is 65.2 Å². The number of nitrogens with one attached hydrogen (secondary N) is 3. The topological polar surface area (TPSA) is 114 Å². The van der Waals surface area contributed by atoms with Crippen LogP contribution < -0.4 is 16.0 Å². The van der Waals surface area contributed by atoms with Gasteiger partial charge in [0.2, 0.25) is 5.91 Å². The third kappa shape index (κ3) is 6.67. The summed E-state index contributed by atoms with van der Waals surface area (Å²) in [6.45, 7) is 5.29. The van der Waals surface area contributed by atoms with Gasteiger partial charge in [-0.3, -0.25) is 19.2 Å². The number of aryl methyl sites for hydroxylation is 1. The Morgan fingerprint density at radius 3 is 2.16 bits per heavy atom. The zero-order chi connectivity index (χ0) is 23.0. The van der Waals surface area contributed by atoms with E-state index in [0.29, 0.717) is 16.8 Å². The van der Waals surface area contributed by atoms with Gasteiger partial charge in [0.15, 0.2) is 0 Å². The summed E-state index contributed by atoms with van der Waals surface area (Å²) in [6, 6.07) is 12.6. The number of rotatable bonds is 8. The molecule has 2 aromatic rings. The molecule has 1 atom stereocenters. The van der Waals surface area contributed by atoms with E-state index in [1.165, 1.54) is 19.2 Å². The lowest BCUT2D eigenvalue weighted by Crippen LogP contribution is -2.47. The van der Waals surface area contributed by atoms with Crippen molar-refractivity contribution in [2.45, 2.75) is 26.8 Å². The molecule has 0 aliphatic rings. The van der Waals surface area contributed by atoms with Gasteiger partial charge in [-0.2, -0.15) is 0 Å². The molecule has 0 fully saturated rings. The Morgan fingerprint density at radius 1 is 0.935 bits per heavy atom. The maximum Gasteiger partial charge on any atom is 0.325 e. The molecule has 0 spiro atoms. The number of carbonyl (C=O) groups excluding carboxylic acids is 4. The number of amides is 3. The van der Waals surface area contributed by atoms with Gasteiger partial charge in [0.25, 0.3) is 11.8 Å². The highest BCUT2D eigenvalue weighted by Crippen LogP contribution is 2.13. The molecule has 2 rings (SSSR count). The third-order valence-corrected chi connectivity index (χ3v) is 4.66. The van der Waals surface area contributed by atoms with Gasteiger partial charge in [0.05, 0.1) is 7.11 Å². The lowest BCUT2D eigenvalue weighted by molar-refractivity contribution is -0.139. The molecule has 3 N–H and O–H groups in total. The average molecular weight is 425 g/mol. The van der Waals surface area contributed by atoms with Crippen molar-refractivity contribution < 1.29 is 23.9 Å². The van der Waals surface area contributed by atoms with Crippen molar-refractivity contribution in [3.63, 3.8) is 0 Å². The fourth-order valence-electron chi connectivity index (χ4n) is 2.83. The fourth-order valence-corrected chi connectivity index (χ4v) is 2.83. The molecule has 0 saturated heterocycles. The van der Waals surface area contributed by atoms with Gasteiger partial charge >= 0.3 is 5.97 Å². The van der Waals surface area contributed by atoms with Crippen LogP contribution in [-0.4, -0.2) is 43.4 Å². The molecule has 0 aliphatic heterocycles. The highest BCUT2D eigenvalue weighted by atomic mass is 16.5. The quantitative estimate of drug-likeness (QED) is 0.562. The van der Waals surface area contributed by atoms with Crippen molar-refractivity contribution in [2.75, 3.05) is 19.0 Å². The highest BCUT2D eigenvalue weighted by molar-refractivity contribution is 6.02. The van der Waals surface area contributed by atoms with E-state index in [0.717, 1.165) is 5.56 Å². The second-order valence-electron chi connectivity index (χ2n) is 7.34. The molecule has 1 unspecified atom stereocenters. The standard InChI is InChI=1S/C23H27N3O5/c1-14(2)20(26-22(29)18-8-6-5-7-15(18)3)23(30)25-17-11-9-16(10-12-17)21(28)24-13-19(27)31-4/h5-12,14,20H,13H2,1-4H3,(H,24,28)(H,25,30)(H,26,29). The maximum absolute atomic E-state index is 12.8. The summed E-state index contributed by atoms with van der Waals surface area (Å²) in [5.41, 5.74) is 2.15. The Morgan fingerprint density at radius 2 is 1.58 bits per heavy atom. The minimum Gasteiger partial charge on any atom is -0.468 e. The molecule has 8 heteroatoms. The van der Waals surface area contributed by atoms with Crippen LogP contribution in [0.1, 0.15) is 40.1 Å². The first-order chi connectivity index (χ1) is 14.7. The van der Waals surface area contributed by atoms with E-state index < -0.39 is 17.9 Å². The summed E-state index contributed by atoms with van der Waals surface area (Å²) < 4.78 is 4.47. The highest BCUT2D eigenvalue weighted by Gasteiger charge is 2.25. The van der Waals surface area contributed by atoms with Gasteiger partial charge in [0.1, 0.15) is 12.6 Å². The Kier molecular flexibility index (Phi) is 8.31. The zero-order valence-corrected chi connectivity index (χ0v) is 18.0. The Bertz CT molecular complexity index is 954. The molecule has 0 heterocycles. The summed E-state index contributed by atoms with van der Waals surface area (Å²) in [6.07, 6.45) is 0. The molecular formula is C23H27N3O5. The lowest BCUT2D eigenvalue weighted by atomic mass is 10.0. The van der Waals surface area contributed by atoms with Crippen molar-refractivity contribution in [3.8, 4) is 0 Å². The van der Waals surface area contributed by atoms with E-state index >= 15 is 0 Å². The van der Waals surface area contributed by atoms with Gasteiger partial charge < -0.3 is 20.7 Å². The van der Waals surface area contributed by atoms with E-state index in [-0.39, 0.29) is 24.3 Å². The summed E-state index contributed by atoms with van der Waals surface area (Å²) in [5.74, 6) is -1.81. The van der Waals surface area contributed by atoms with E-state index in [2.05, 4.69) is 20.7 Å². The number of ether oxygens (including phenoxy) is 1. The summed E-state index contributed by atoms with van der Waals surface area (Å²) in [5, 5.41) is 7.99. The first kappa shape index (κ1) is 23.6. The van der Waals surface area contributed by atoms with Gasteiger partial charge in [-0.05, 0) is 48.7 Å². The molecule has 2 aromatic carbocycles. The number of hydrogen-bond donors (Lipinski definition) is 3. The minimum absolute atomic E-state index is 0.142. The molecule has 0 aliphatic carbocycles. The van der Waals surface area contributed by atoms with Crippen LogP contribution in [0.2, 0.25) is 0 Å². The zero-order valence-electron chi connectivity index (χ0n) is 18.0. The van der Waals surface area contributed by atoms with Crippen molar-refractivity contribution in [2.24, 2.45) is 5.92 Å². The molecule has 0 radical (unpaired) electrons. The van der Waals surface area contributed by atoms with Gasteiger partial charge in [-0.25, -0.2) is 0 Å². The largest absolute Gasteiger partial charge is 0.468 e. The van der Waals surface area contributed by atoms with Crippen LogP contribution in [0.15, 0.2) is 48.5 Å². The van der Waals surface area contributed by atoms with Crippen molar-refractivity contribution >= 4 is 29.4 Å². The third-order valence-electron chi connectivity index (χ3n) is 4.66. The van der Waals surface area contributed by atoms with Crippen LogP contribution in [0.3, 0.4) is 0 Å². The lowest BCUT2D eigenvalue weighted by Gasteiger charge is -2.22. The molecular weight excluding hydrogens is 398 g/mol. The number of benzene rings is 2. The number of anilines is 1. The smallest absolute Gasteiger partial charge is 0.325 e. The molecule has 164 valence electrons. The van der Waals surface area contributed by atoms with Crippen LogP contribution in [0.5, 0.6) is 0 Å². The predicted octanol–water partition coefficient (Wildman–Crippen LogP) is 2.29. The summed E-state index contributed by atoms with van der Waals surface area (Å²) in [7, 11) is 1.24. The second kappa shape index (κ2) is 10.9. The van der Waals surface area contributed by atoms with Crippen LogP contribution in [-0.2, 0) is 14.3 Å². The maximum atomic E-state index is 12.8. The fraction of sp³-hybridized carbons (Fsp3) is 0.304. The van der Waals surface area contributed by atoms with Crippen molar-refractivity contribution in [1.29, 1.82) is 0 Å². The second-order valence-corrected chi connectivity index (χ2v) is 7.34. The summed E-state index contributed by atoms with van der Waals surface area (Å²) in [4.78, 5) is 48.5. The first-order valence-corrected chi connectivity index (χ1v) is 9.85. The number of methoxy groups -OCH3 is 1. The molecule has 0 bridgehead atoms. The number of carbonyl (C=O) groups is 4. The molecule has 0 aromatic heterocycles.